The summed E-state index contributed by atoms with van der Waals surface area (Å²) in [5.41, 5.74) is 1.08. The molecule has 0 radical (unpaired) electrons. The van der Waals surface area contributed by atoms with Crippen LogP contribution in [0.15, 0.2) is 36.4 Å². The number of aromatic hydroxyl groups is 1. The van der Waals surface area contributed by atoms with E-state index in [4.69, 9.17) is 4.74 Å². The molecule has 30 heavy (non-hydrogen) atoms. The first kappa shape index (κ1) is 21.5. The van der Waals surface area contributed by atoms with Gasteiger partial charge in [0.25, 0.3) is 5.91 Å². The van der Waals surface area contributed by atoms with Crippen molar-refractivity contribution in [1.82, 2.24) is 4.57 Å². The Hall–Kier alpha value is -3.22. The van der Waals surface area contributed by atoms with Crippen LogP contribution in [0.3, 0.4) is 0 Å². The van der Waals surface area contributed by atoms with Crippen molar-refractivity contribution in [2.45, 2.75) is 46.1 Å². The fourth-order valence-electron chi connectivity index (χ4n) is 3.51. The maximum Gasteiger partial charge on any atom is 0.313 e. The Balaban J connectivity index is 2.22. The van der Waals surface area contributed by atoms with Crippen molar-refractivity contribution in [3.05, 3.63) is 64.9 Å². The molecule has 7 heteroatoms. The van der Waals surface area contributed by atoms with E-state index in [1.807, 2.05) is 6.92 Å². The normalized spacial score (nSPS) is 13.3. The first-order chi connectivity index (χ1) is 14.1. The average molecular weight is 415 g/mol. The monoisotopic (exact) mass is 415 g/mol. The molecule has 158 valence electrons. The minimum Gasteiger partial charge on any atom is -0.505 e. The van der Waals surface area contributed by atoms with E-state index in [0.29, 0.717) is 23.1 Å². The highest BCUT2D eigenvalue weighted by Gasteiger charge is 2.29. The second kappa shape index (κ2) is 8.26. The Bertz CT molecular complexity index is 1140. The van der Waals surface area contributed by atoms with Crippen molar-refractivity contribution >= 4 is 22.8 Å². The topological polar surface area (TPSA) is 68.5 Å². The number of ether oxygens (including phenoxy) is 1. The van der Waals surface area contributed by atoms with E-state index in [2.05, 4.69) is 0 Å². The number of hydrogen-bond acceptors (Lipinski definition) is 4. The number of halogens is 2. The highest BCUT2D eigenvalue weighted by molar-refractivity contribution is 6.05. The molecule has 0 aliphatic heterocycles. The predicted octanol–water partition coefficient (Wildman–Crippen LogP) is 5.07. The van der Waals surface area contributed by atoms with Crippen LogP contribution in [0.4, 0.5) is 8.78 Å². The summed E-state index contributed by atoms with van der Waals surface area (Å²) < 4.78 is 34.5. The highest BCUT2D eigenvalue weighted by atomic mass is 19.1. The number of carbonyl (C=O) groups is 2. The Morgan fingerprint density at radius 3 is 2.50 bits per heavy atom. The molecule has 0 bridgehead atoms. The van der Waals surface area contributed by atoms with Gasteiger partial charge in [0.05, 0.1) is 17.5 Å². The van der Waals surface area contributed by atoms with Crippen LogP contribution in [-0.4, -0.2) is 27.7 Å². The lowest BCUT2D eigenvalue weighted by molar-refractivity contribution is -0.149. The van der Waals surface area contributed by atoms with Crippen molar-refractivity contribution in [3.63, 3.8) is 0 Å². The van der Waals surface area contributed by atoms with Gasteiger partial charge in [-0.05, 0) is 57.0 Å². The van der Waals surface area contributed by atoms with Crippen LogP contribution in [0.5, 0.6) is 5.75 Å². The van der Waals surface area contributed by atoms with Gasteiger partial charge < -0.3 is 9.84 Å². The van der Waals surface area contributed by atoms with E-state index in [-0.39, 0.29) is 17.2 Å². The van der Waals surface area contributed by atoms with Gasteiger partial charge in [-0.2, -0.15) is 0 Å². The fourth-order valence-corrected chi connectivity index (χ4v) is 3.51. The molecule has 0 aliphatic carbocycles. The second-order valence-electron chi connectivity index (χ2n) is 7.35. The Morgan fingerprint density at radius 2 is 1.87 bits per heavy atom. The first-order valence-electron chi connectivity index (χ1n) is 9.69. The van der Waals surface area contributed by atoms with Gasteiger partial charge in [-0.1, -0.05) is 13.0 Å². The zero-order valence-electron chi connectivity index (χ0n) is 17.2. The summed E-state index contributed by atoms with van der Waals surface area (Å²) in [6.45, 7) is 6.91. The number of phenols is 1. The SMILES string of the molecule is CCC(C)OC(=O)C(C)c1c(C)n(C(=O)c2cccc(F)c2)c2cc(F)c(O)cc12. The third kappa shape index (κ3) is 3.79. The highest BCUT2D eigenvalue weighted by Crippen LogP contribution is 2.36. The van der Waals surface area contributed by atoms with E-state index >= 15 is 0 Å². The minimum absolute atomic E-state index is 0.0740. The molecule has 1 N–H and O–H groups in total. The lowest BCUT2D eigenvalue weighted by Crippen LogP contribution is -2.20. The summed E-state index contributed by atoms with van der Waals surface area (Å²) in [7, 11) is 0. The average Bonchev–Trinajstić information content (AvgIpc) is 2.97. The summed E-state index contributed by atoms with van der Waals surface area (Å²) in [6.07, 6.45) is 0.358. The number of rotatable bonds is 5. The number of benzene rings is 2. The molecule has 3 rings (SSSR count). The third-order valence-corrected chi connectivity index (χ3v) is 5.27. The molecule has 2 aromatic carbocycles. The van der Waals surface area contributed by atoms with Crippen LogP contribution < -0.4 is 0 Å². The van der Waals surface area contributed by atoms with Gasteiger partial charge >= 0.3 is 5.97 Å². The largest absolute Gasteiger partial charge is 0.505 e. The summed E-state index contributed by atoms with van der Waals surface area (Å²) in [4.78, 5) is 25.8. The van der Waals surface area contributed by atoms with Gasteiger partial charge in [-0.3, -0.25) is 14.2 Å². The van der Waals surface area contributed by atoms with Gasteiger partial charge in [0.2, 0.25) is 0 Å². The number of fused-ring (bicyclic) bond motifs is 1. The van der Waals surface area contributed by atoms with Gasteiger partial charge in [0, 0.05) is 22.7 Å². The van der Waals surface area contributed by atoms with E-state index in [9.17, 15) is 23.5 Å². The second-order valence-corrected chi connectivity index (χ2v) is 7.35. The molecule has 0 aliphatic rings. The van der Waals surface area contributed by atoms with Crippen LogP contribution in [0.2, 0.25) is 0 Å². The van der Waals surface area contributed by atoms with Gasteiger partial charge in [-0.25, -0.2) is 8.78 Å². The molecule has 3 aromatic rings. The molecule has 0 amide bonds. The maximum absolute atomic E-state index is 14.2. The van der Waals surface area contributed by atoms with Crippen LogP contribution in [0.25, 0.3) is 10.9 Å². The van der Waals surface area contributed by atoms with E-state index < -0.39 is 35.2 Å². The molecule has 0 spiro atoms. The standard InChI is InChI=1S/C23H23F2NO4/c1-5-12(2)30-23(29)13(3)21-14(4)26(19-11-18(25)20(27)10-17(19)21)22(28)15-7-6-8-16(24)9-15/h6-13,27H,5H2,1-4H3. The minimum atomic E-state index is -0.908. The third-order valence-electron chi connectivity index (χ3n) is 5.27. The Labute approximate surface area is 172 Å². The number of aromatic nitrogens is 1. The Morgan fingerprint density at radius 1 is 1.17 bits per heavy atom. The fraction of sp³-hybridized carbons (Fsp3) is 0.304. The maximum atomic E-state index is 14.2. The van der Waals surface area contributed by atoms with Crippen molar-refractivity contribution in [3.8, 4) is 5.75 Å². The van der Waals surface area contributed by atoms with Crippen LogP contribution in [0, 0.1) is 18.6 Å². The molecule has 2 atom stereocenters. The van der Waals surface area contributed by atoms with Crippen molar-refractivity contribution in [2.24, 2.45) is 0 Å². The summed E-state index contributed by atoms with van der Waals surface area (Å²) in [5.74, 6) is -3.92. The van der Waals surface area contributed by atoms with Gasteiger partial charge in [-0.15, -0.1) is 0 Å². The Kier molecular flexibility index (Phi) is 5.92. The summed E-state index contributed by atoms with van der Waals surface area (Å²) >= 11 is 0. The van der Waals surface area contributed by atoms with Crippen LogP contribution >= 0.6 is 0 Å². The molecule has 0 saturated heterocycles. The van der Waals surface area contributed by atoms with Crippen molar-refractivity contribution in [2.75, 3.05) is 0 Å². The molecule has 5 nitrogen and oxygen atoms in total. The first-order valence-corrected chi connectivity index (χ1v) is 9.69. The number of hydrogen-bond donors (Lipinski definition) is 1. The van der Waals surface area contributed by atoms with E-state index in [1.165, 1.54) is 28.8 Å². The number of phenolic OH excluding ortho intramolecular Hbond substituents is 1. The van der Waals surface area contributed by atoms with E-state index in [0.717, 1.165) is 12.1 Å². The van der Waals surface area contributed by atoms with Gasteiger partial charge in [0.1, 0.15) is 5.82 Å². The molecule has 1 heterocycles. The molecular weight excluding hydrogens is 392 g/mol. The van der Waals surface area contributed by atoms with Crippen molar-refractivity contribution < 1.29 is 28.2 Å². The van der Waals surface area contributed by atoms with Gasteiger partial charge in [0.15, 0.2) is 11.6 Å². The summed E-state index contributed by atoms with van der Waals surface area (Å²) in [5, 5.41) is 10.3. The smallest absolute Gasteiger partial charge is 0.313 e. The number of esters is 1. The zero-order valence-corrected chi connectivity index (χ0v) is 17.2. The predicted molar refractivity (Wildman–Crippen MR) is 109 cm³/mol. The zero-order chi connectivity index (χ0) is 22.2. The van der Waals surface area contributed by atoms with Crippen LogP contribution in [-0.2, 0) is 9.53 Å². The van der Waals surface area contributed by atoms with Crippen molar-refractivity contribution in [1.29, 1.82) is 0 Å². The molecule has 2 unspecified atom stereocenters. The lowest BCUT2D eigenvalue weighted by atomic mass is 9.97. The number of nitrogens with zero attached hydrogens (tertiary/aromatic N) is 1. The molecule has 0 saturated carbocycles. The van der Waals surface area contributed by atoms with E-state index in [1.54, 1.807) is 20.8 Å². The quantitative estimate of drug-likeness (QED) is 0.591. The van der Waals surface area contributed by atoms with Crippen LogP contribution in [0.1, 0.15) is 54.7 Å². The number of carbonyl (C=O) groups excluding carboxylic acids is 2. The summed E-state index contributed by atoms with van der Waals surface area (Å²) in [6, 6.07) is 7.38. The lowest BCUT2D eigenvalue weighted by Gasteiger charge is -2.16. The molecular formula is C23H23F2NO4. The molecule has 0 fully saturated rings. The molecule has 1 aromatic heterocycles.